The summed E-state index contributed by atoms with van der Waals surface area (Å²) >= 11 is 0. The highest BCUT2D eigenvalue weighted by Crippen LogP contribution is 2.19. The standard InChI is InChI=1S/C14H15FN4O3/c15-9-1-3-10(4-2-9)17-14(22)18-6-5-11(8-18)19-12(20)7-16-13(19)21/h1-4,11H,5-8H2,(H,16,21)(H,17,22). The lowest BCUT2D eigenvalue weighted by Gasteiger charge is -2.21. The summed E-state index contributed by atoms with van der Waals surface area (Å²) in [6, 6.07) is 4.42. The van der Waals surface area contributed by atoms with Crippen LogP contribution in [0.25, 0.3) is 0 Å². The van der Waals surface area contributed by atoms with Crippen molar-refractivity contribution in [3.05, 3.63) is 30.1 Å². The van der Waals surface area contributed by atoms with Crippen LogP contribution in [-0.2, 0) is 4.79 Å². The van der Waals surface area contributed by atoms with E-state index in [1.165, 1.54) is 34.1 Å². The molecule has 2 aliphatic rings. The molecule has 3 rings (SSSR count). The molecule has 7 nitrogen and oxygen atoms in total. The monoisotopic (exact) mass is 306 g/mol. The van der Waals surface area contributed by atoms with E-state index >= 15 is 0 Å². The molecule has 0 aliphatic carbocycles. The van der Waals surface area contributed by atoms with Crippen LogP contribution in [0.15, 0.2) is 24.3 Å². The minimum absolute atomic E-state index is 0.0110. The number of hydrogen-bond acceptors (Lipinski definition) is 3. The van der Waals surface area contributed by atoms with Gasteiger partial charge in [0.05, 0.1) is 12.6 Å². The van der Waals surface area contributed by atoms with E-state index in [0.717, 1.165) is 0 Å². The number of nitrogens with zero attached hydrogens (tertiary/aromatic N) is 2. The van der Waals surface area contributed by atoms with Crippen molar-refractivity contribution >= 4 is 23.7 Å². The van der Waals surface area contributed by atoms with Gasteiger partial charge in [0.1, 0.15) is 5.82 Å². The highest BCUT2D eigenvalue weighted by Gasteiger charge is 2.39. The number of halogens is 1. The van der Waals surface area contributed by atoms with E-state index in [-0.39, 0.29) is 30.3 Å². The first-order valence-corrected chi connectivity index (χ1v) is 6.96. The molecule has 1 atom stereocenters. The lowest BCUT2D eigenvalue weighted by Crippen LogP contribution is -2.43. The van der Waals surface area contributed by atoms with E-state index in [4.69, 9.17) is 0 Å². The number of likely N-dealkylation sites (tertiary alicyclic amines) is 1. The summed E-state index contributed by atoms with van der Waals surface area (Å²) in [7, 11) is 0. The number of nitrogens with one attached hydrogen (secondary N) is 2. The van der Waals surface area contributed by atoms with Gasteiger partial charge in [-0.15, -0.1) is 0 Å². The third-order valence-corrected chi connectivity index (χ3v) is 3.79. The van der Waals surface area contributed by atoms with Crippen molar-refractivity contribution in [2.75, 3.05) is 25.0 Å². The van der Waals surface area contributed by atoms with Gasteiger partial charge in [-0.3, -0.25) is 9.69 Å². The second-order valence-corrected chi connectivity index (χ2v) is 5.25. The number of rotatable bonds is 2. The summed E-state index contributed by atoms with van der Waals surface area (Å²) in [6.07, 6.45) is 0.552. The van der Waals surface area contributed by atoms with Crippen LogP contribution in [-0.4, -0.2) is 53.4 Å². The van der Waals surface area contributed by atoms with Gasteiger partial charge in [0.2, 0.25) is 5.91 Å². The quantitative estimate of drug-likeness (QED) is 0.799. The second-order valence-electron chi connectivity index (χ2n) is 5.25. The third-order valence-electron chi connectivity index (χ3n) is 3.79. The van der Waals surface area contributed by atoms with Crippen LogP contribution in [0.3, 0.4) is 0 Å². The molecule has 2 fully saturated rings. The van der Waals surface area contributed by atoms with E-state index < -0.39 is 6.03 Å². The van der Waals surface area contributed by atoms with Gasteiger partial charge < -0.3 is 15.5 Å². The number of benzene rings is 1. The summed E-state index contributed by atoms with van der Waals surface area (Å²) in [4.78, 5) is 38.1. The van der Waals surface area contributed by atoms with Crippen LogP contribution in [0.2, 0.25) is 0 Å². The molecule has 0 saturated carbocycles. The summed E-state index contributed by atoms with van der Waals surface area (Å²) in [5.41, 5.74) is 0.491. The first kappa shape index (κ1) is 14.3. The molecule has 0 bridgehead atoms. The fraction of sp³-hybridized carbons (Fsp3) is 0.357. The number of hydrogen-bond donors (Lipinski definition) is 2. The Morgan fingerprint density at radius 1 is 1.27 bits per heavy atom. The summed E-state index contributed by atoms with van der Waals surface area (Å²) in [5, 5.41) is 5.13. The average Bonchev–Trinajstić information content (AvgIpc) is 3.08. The number of urea groups is 2. The van der Waals surface area contributed by atoms with Crippen LogP contribution in [0, 0.1) is 5.82 Å². The van der Waals surface area contributed by atoms with Crippen molar-refractivity contribution < 1.29 is 18.8 Å². The Morgan fingerprint density at radius 2 is 2.00 bits per heavy atom. The predicted octanol–water partition coefficient (Wildman–Crippen LogP) is 0.984. The number of anilines is 1. The minimum atomic E-state index is -0.407. The van der Waals surface area contributed by atoms with Crippen molar-refractivity contribution in [3.8, 4) is 0 Å². The van der Waals surface area contributed by atoms with Crippen LogP contribution < -0.4 is 10.6 Å². The van der Waals surface area contributed by atoms with Crippen LogP contribution in [0.1, 0.15) is 6.42 Å². The van der Waals surface area contributed by atoms with Gasteiger partial charge in [-0.05, 0) is 30.7 Å². The molecule has 2 aliphatic heterocycles. The number of carbonyl (C=O) groups excluding carboxylic acids is 3. The average molecular weight is 306 g/mol. The van der Waals surface area contributed by atoms with Gasteiger partial charge in [-0.2, -0.15) is 0 Å². The molecule has 0 aromatic heterocycles. The first-order chi connectivity index (χ1) is 10.5. The molecular formula is C14H15FN4O3. The van der Waals surface area contributed by atoms with Crippen LogP contribution in [0.4, 0.5) is 19.7 Å². The molecule has 2 saturated heterocycles. The van der Waals surface area contributed by atoms with E-state index in [1.54, 1.807) is 0 Å². The maximum Gasteiger partial charge on any atom is 0.324 e. The minimum Gasteiger partial charge on any atom is -0.329 e. The predicted molar refractivity (Wildman–Crippen MR) is 75.6 cm³/mol. The molecule has 1 unspecified atom stereocenters. The lowest BCUT2D eigenvalue weighted by atomic mass is 10.2. The van der Waals surface area contributed by atoms with Gasteiger partial charge in [-0.1, -0.05) is 0 Å². The largest absolute Gasteiger partial charge is 0.329 e. The molecule has 5 amide bonds. The van der Waals surface area contributed by atoms with E-state index in [9.17, 15) is 18.8 Å². The molecule has 1 aromatic carbocycles. The van der Waals surface area contributed by atoms with E-state index in [2.05, 4.69) is 10.6 Å². The summed E-state index contributed by atoms with van der Waals surface area (Å²) in [5.74, 6) is -0.645. The van der Waals surface area contributed by atoms with Gasteiger partial charge in [0, 0.05) is 18.8 Å². The van der Waals surface area contributed by atoms with E-state index in [1.807, 2.05) is 0 Å². The zero-order valence-electron chi connectivity index (χ0n) is 11.7. The van der Waals surface area contributed by atoms with Crippen molar-refractivity contribution in [1.82, 2.24) is 15.1 Å². The first-order valence-electron chi connectivity index (χ1n) is 6.96. The van der Waals surface area contributed by atoms with Crippen molar-refractivity contribution in [2.24, 2.45) is 0 Å². The van der Waals surface area contributed by atoms with Crippen molar-refractivity contribution in [1.29, 1.82) is 0 Å². The molecule has 116 valence electrons. The Labute approximate surface area is 126 Å². The van der Waals surface area contributed by atoms with Gasteiger partial charge in [0.25, 0.3) is 0 Å². The SMILES string of the molecule is O=C(Nc1ccc(F)cc1)N1CCC(N2C(=O)CNC2=O)C1. The Hall–Kier alpha value is -2.64. The highest BCUT2D eigenvalue weighted by molar-refractivity contribution is 6.02. The molecule has 0 spiro atoms. The molecule has 0 radical (unpaired) electrons. The topological polar surface area (TPSA) is 81.8 Å². The Kier molecular flexibility index (Phi) is 3.66. The molecule has 1 aromatic rings. The van der Waals surface area contributed by atoms with Crippen LogP contribution in [0.5, 0.6) is 0 Å². The van der Waals surface area contributed by atoms with Gasteiger partial charge in [0.15, 0.2) is 0 Å². The lowest BCUT2D eigenvalue weighted by molar-refractivity contribution is -0.126. The smallest absolute Gasteiger partial charge is 0.324 e. The molecule has 8 heteroatoms. The maximum atomic E-state index is 12.8. The Balaban J connectivity index is 1.60. The second kappa shape index (κ2) is 5.63. The maximum absolute atomic E-state index is 12.8. The van der Waals surface area contributed by atoms with Crippen molar-refractivity contribution in [3.63, 3.8) is 0 Å². The zero-order valence-corrected chi connectivity index (χ0v) is 11.7. The van der Waals surface area contributed by atoms with E-state index in [0.29, 0.717) is 25.2 Å². The highest BCUT2D eigenvalue weighted by atomic mass is 19.1. The van der Waals surface area contributed by atoms with Gasteiger partial charge in [-0.25, -0.2) is 14.0 Å². The third kappa shape index (κ3) is 2.72. The fourth-order valence-corrected chi connectivity index (χ4v) is 2.68. The normalized spacial score (nSPS) is 21.2. The Morgan fingerprint density at radius 3 is 2.64 bits per heavy atom. The van der Waals surface area contributed by atoms with Crippen molar-refractivity contribution in [2.45, 2.75) is 12.5 Å². The van der Waals surface area contributed by atoms with Gasteiger partial charge >= 0.3 is 12.1 Å². The number of imide groups is 1. The summed E-state index contributed by atoms with van der Waals surface area (Å²) in [6.45, 7) is 0.762. The molecule has 2 heterocycles. The zero-order chi connectivity index (χ0) is 15.7. The molecule has 22 heavy (non-hydrogen) atoms. The molecule has 2 N–H and O–H groups in total. The fourth-order valence-electron chi connectivity index (χ4n) is 2.68. The Bertz CT molecular complexity index is 603. The van der Waals surface area contributed by atoms with Crippen LogP contribution >= 0.6 is 0 Å². The molecular weight excluding hydrogens is 291 g/mol. The number of amides is 5. The summed E-state index contributed by atoms with van der Waals surface area (Å²) < 4.78 is 12.8. The number of carbonyl (C=O) groups is 3.